The number of benzene rings is 2. The quantitative estimate of drug-likeness (QED) is 0.119. The summed E-state index contributed by atoms with van der Waals surface area (Å²) in [6, 6.07) is 2.14. The van der Waals surface area contributed by atoms with Crippen molar-refractivity contribution in [1.82, 2.24) is 4.90 Å². The van der Waals surface area contributed by atoms with Gasteiger partial charge in [0, 0.05) is 23.6 Å². The van der Waals surface area contributed by atoms with Gasteiger partial charge in [-0.15, -0.1) is 0 Å². The topological polar surface area (TPSA) is 241 Å². The molecule has 1 aliphatic heterocycles. The summed E-state index contributed by atoms with van der Waals surface area (Å²) in [6.07, 6.45) is -0.224. The van der Waals surface area contributed by atoms with E-state index in [9.17, 15) is 55.9 Å². The molecule has 1 fully saturated rings. The fourth-order valence-electron chi connectivity index (χ4n) is 5.22. The van der Waals surface area contributed by atoms with Gasteiger partial charge >= 0.3 is 0 Å². The number of ketones is 1. The third-order valence-corrected chi connectivity index (χ3v) is 7.52. The number of hydrogen-bond acceptors (Lipinski definition) is 14. The van der Waals surface area contributed by atoms with Crippen molar-refractivity contribution in [3.05, 3.63) is 28.8 Å². The van der Waals surface area contributed by atoms with Crippen molar-refractivity contribution in [2.24, 2.45) is 5.92 Å². The summed E-state index contributed by atoms with van der Waals surface area (Å²) in [7, 11) is 2.54. The molecule has 1 aliphatic carbocycles. The highest BCUT2D eigenvalue weighted by Gasteiger charge is 2.74. The summed E-state index contributed by atoms with van der Waals surface area (Å²) in [6.45, 7) is -0.192. The van der Waals surface area contributed by atoms with Crippen LogP contribution in [0.1, 0.15) is 34.3 Å². The number of ether oxygens (including phenoxy) is 2. The van der Waals surface area contributed by atoms with Gasteiger partial charge in [0.15, 0.2) is 23.0 Å². The summed E-state index contributed by atoms with van der Waals surface area (Å²) in [5.41, 5.74) is -4.70. The van der Waals surface area contributed by atoms with Crippen LogP contribution in [0.25, 0.3) is 0 Å². The zero-order valence-corrected chi connectivity index (χ0v) is 20.4. The lowest BCUT2D eigenvalue weighted by molar-refractivity contribution is -0.375. The predicted octanol–water partition coefficient (Wildman–Crippen LogP) is -1.11. The number of fused-ring (bicyclic) bond motifs is 1. The summed E-state index contributed by atoms with van der Waals surface area (Å²) in [4.78, 5) is 14.8. The molecule has 1 unspecified atom stereocenters. The number of methoxy groups -OCH3 is 2. The average Bonchev–Trinajstić information content (AvgIpc) is 3.06. The number of phenolic OH excluding ortho intramolecular Hbond substituents is 5. The Hall–Kier alpha value is -3.53. The number of aromatic hydroxyl groups is 5. The van der Waals surface area contributed by atoms with Gasteiger partial charge in [0.2, 0.25) is 40.2 Å². The van der Waals surface area contributed by atoms with Crippen molar-refractivity contribution in [3.8, 4) is 40.2 Å². The molecule has 2 aromatic carbocycles. The molecule has 14 nitrogen and oxygen atoms in total. The maximum atomic E-state index is 13.2. The van der Waals surface area contributed by atoms with Crippen LogP contribution < -0.4 is 9.47 Å². The van der Waals surface area contributed by atoms with Crippen molar-refractivity contribution in [2.45, 2.75) is 36.6 Å². The SMILES string of the molecule is COc1cc2c(cc1OC)C(O)(O)C(O)(C(O)(O)C1CCN(Cc3c(O)c(O)c(O)c(O)c3O)CC1)C2=O. The highest BCUT2D eigenvalue weighted by molar-refractivity contribution is 6.09. The molecule has 208 valence electrons. The summed E-state index contributed by atoms with van der Waals surface area (Å²) >= 11 is 0. The van der Waals surface area contributed by atoms with Crippen LogP contribution in [0.5, 0.6) is 40.2 Å². The molecule has 1 atom stereocenters. The Morgan fingerprint density at radius 3 is 1.84 bits per heavy atom. The van der Waals surface area contributed by atoms with Crippen molar-refractivity contribution >= 4 is 5.78 Å². The lowest BCUT2D eigenvalue weighted by Gasteiger charge is -2.47. The minimum Gasteiger partial charge on any atom is -0.504 e. The second kappa shape index (κ2) is 9.04. The van der Waals surface area contributed by atoms with Gasteiger partial charge in [-0.1, -0.05) is 0 Å². The lowest BCUT2D eigenvalue weighted by Crippen LogP contribution is -2.70. The fourth-order valence-corrected chi connectivity index (χ4v) is 5.22. The maximum Gasteiger partial charge on any atom is 0.240 e. The van der Waals surface area contributed by atoms with E-state index in [1.54, 1.807) is 4.90 Å². The van der Waals surface area contributed by atoms with Gasteiger partial charge in [0.25, 0.3) is 0 Å². The van der Waals surface area contributed by atoms with Gasteiger partial charge in [-0.05, 0) is 38.1 Å². The lowest BCUT2D eigenvalue weighted by atomic mass is 9.73. The first-order valence-corrected chi connectivity index (χ1v) is 11.5. The van der Waals surface area contributed by atoms with Crippen LogP contribution in [0.3, 0.4) is 0 Å². The zero-order chi connectivity index (χ0) is 28.4. The van der Waals surface area contributed by atoms with E-state index in [2.05, 4.69) is 0 Å². The van der Waals surface area contributed by atoms with Crippen LogP contribution in [0, 0.1) is 5.92 Å². The summed E-state index contributed by atoms with van der Waals surface area (Å²) < 4.78 is 10.2. The third kappa shape index (κ3) is 3.60. The smallest absolute Gasteiger partial charge is 0.240 e. The number of nitrogens with zero attached hydrogens (tertiary/aromatic N) is 1. The fraction of sp³-hybridized carbons (Fsp3) is 0.458. The summed E-state index contributed by atoms with van der Waals surface area (Å²) in [5.74, 6) is -14.2. The van der Waals surface area contributed by atoms with E-state index in [-0.39, 0.29) is 49.5 Å². The van der Waals surface area contributed by atoms with E-state index in [0.717, 1.165) is 12.1 Å². The predicted molar refractivity (Wildman–Crippen MR) is 125 cm³/mol. The highest BCUT2D eigenvalue weighted by atomic mass is 16.6. The monoisotopic (exact) mass is 539 g/mol. The van der Waals surface area contributed by atoms with Gasteiger partial charge in [-0.2, -0.15) is 0 Å². The first-order chi connectivity index (χ1) is 17.6. The second-order valence-electron chi connectivity index (χ2n) is 9.46. The standard InChI is InChI=1S/C24H29NO13/c1-37-14-7-11-13(8-15(14)38-2)24(35,36)22(32,21(11)31)23(33,34)10-3-5-25(6-4-10)9-12-16(26)18(28)20(30)19(29)17(12)27/h7-8,10,26-30,32-36H,3-6,9H2,1-2H3. The molecule has 0 radical (unpaired) electrons. The largest absolute Gasteiger partial charge is 0.504 e. The Bertz CT molecular complexity index is 1250. The molecule has 4 rings (SSSR count). The Balaban J connectivity index is 1.59. The molecule has 1 heterocycles. The van der Waals surface area contributed by atoms with E-state index >= 15 is 0 Å². The van der Waals surface area contributed by atoms with E-state index in [0.29, 0.717) is 0 Å². The molecule has 2 aliphatic rings. The molecule has 0 bridgehead atoms. The van der Waals surface area contributed by atoms with Gasteiger partial charge in [-0.3, -0.25) is 9.69 Å². The van der Waals surface area contributed by atoms with Crippen LogP contribution in [0.15, 0.2) is 12.1 Å². The first kappa shape index (κ1) is 27.5. The van der Waals surface area contributed by atoms with Gasteiger partial charge in [0.05, 0.1) is 19.8 Å². The van der Waals surface area contributed by atoms with Crippen molar-refractivity contribution in [1.29, 1.82) is 0 Å². The number of likely N-dealkylation sites (tertiary alicyclic amines) is 1. The Labute approximate surface area is 215 Å². The first-order valence-electron chi connectivity index (χ1n) is 11.5. The molecular weight excluding hydrogens is 510 g/mol. The molecule has 14 heteroatoms. The summed E-state index contributed by atoms with van der Waals surface area (Å²) in [5, 5.41) is 105. The molecule has 0 amide bonds. The molecule has 10 N–H and O–H groups in total. The minimum absolute atomic E-state index is 0.00312. The number of rotatable bonds is 6. The van der Waals surface area contributed by atoms with Gasteiger partial charge in [0.1, 0.15) is 0 Å². The molecule has 1 saturated heterocycles. The number of Topliss-reactive ketones (excluding diaryl/α,β-unsaturated/α-hetero) is 1. The van der Waals surface area contributed by atoms with Crippen LogP contribution in [-0.2, 0) is 12.3 Å². The number of phenols is 5. The van der Waals surface area contributed by atoms with Crippen molar-refractivity contribution in [2.75, 3.05) is 27.3 Å². The van der Waals surface area contributed by atoms with E-state index in [4.69, 9.17) is 9.47 Å². The number of piperidine rings is 1. The molecule has 0 spiro atoms. The van der Waals surface area contributed by atoms with E-state index < -0.39 is 68.8 Å². The molecule has 0 saturated carbocycles. The van der Waals surface area contributed by atoms with Crippen LogP contribution in [0.4, 0.5) is 0 Å². The Morgan fingerprint density at radius 1 is 0.868 bits per heavy atom. The molecule has 0 aromatic heterocycles. The third-order valence-electron chi connectivity index (χ3n) is 7.52. The molecule has 2 aromatic rings. The van der Waals surface area contributed by atoms with Crippen LogP contribution in [0.2, 0.25) is 0 Å². The maximum absolute atomic E-state index is 13.2. The highest BCUT2D eigenvalue weighted by Crippen LogP contribution is 2.54. The van der Waals surface area contributed by atoms with Crippen LogP contribution >= 0.6 is 0 Å². The Kier molecular flexibility index (Phi) is 6.54. The number of hydrogen-bond donors (Lipinski definition) is 10. The number of carbonyl (C=O) groups excluding carboxylic acids is 1. The van der Waals surface area contributed by atoms with Gasteiger partial charge in [-0.25, -0.2) is 0 Å². The number of aliphatic hydroxyl groups is 5. The molecular formula is C24H29NO13. The number of carbonyl (C=O) groups is 1. The minimum atomic E-state index is -3.49. The normalized spacial score (nSPS) is 21.9. The Morgan fingerprint density at radius 2 is 1.34 bits per heavy atom. The van der Waals surface area contributed by atoms with Crippen molar-refractivity contribution in [3.63, 3.8) is 0 Å². The van der Waals surface area contributed by atoms with E-state index in [1.165, 1.54) is 14.2 Å². The average molecular weight is 539 g/mol. The molecule has 38 heavy (non-hydrogen) atoms. The van der Waals surface area contributed by atoms with E-state index in [1.807, 2.05) is 0 Å². The van der Waals surface area contributed by atoms with Gasteiger partial charge < -0.3 is 60.5 Å². The second-order valence-corrected chi connectivity index (χ2v) is 9.46. The van der Waals surface area contributed by atoms with Crippen LogP contribution in [-0.4, -0.2) is 100 Å². The zero-order valence-electron chi connectivity index (χ0n) is 20.4. The van der Waals surface area contributed by atoms with Crippen molar-refractivity contribution < 1.29 is 65.3 Å².